The number of hydrogen-bond acceptors (Lipinski definition) is 7. The van der Waals surface area contributed by atoms with E-state index >= 15 is 0 Å². The van der Waals surface area contributed by atoms with Crippen molar-refractivity contribution in [3.63, 3.8) is 0 Å². The van der Waals surface area contributed by atoms with Gasteiger partial charge in [-0.25, -0.2) is 4.57 Å². The third-order valence-corrected chi connectivity index (χ3v) is 8.29. The zero-order valence-electron chi connectivity index (χ0n) is 26.7. The molecule has 0 radical (unpaired) electrons. The maximum Gasteiger partial charge on any atom is 0.472 e. The Balaban J connectivity index is 4.09. The maximum absolute atomic E-state index is 12.4. The van der Waals surface area contributed by atoms with Crippen LogP contribution in [0.1, 0.15) is 168 Å². The highest BCUT2D eigenvalue weighted by Crippen LogP contribution is 2.42. The zero-order valence-corrected chi connectivity index (χ0v) is 27.6. The SMILES string of the molecule is CCCCCCCCCCCCCCCC(=O)OC(COC(=O)CCCCCCCCCCC)COP(=O)(O)OC. The largest absolute Gasteiger partial charge is 0.472 e. The van der Waals surface area contributed by atoms with Crippen molar-refractivity contribution in [2.75, 3.05) is 20.3 Å². The number of carbonyl (C=O) groups is 2. The van der Waals surface area contributed by atoms with E-state index in [1.165, 1.54) is 103 Å². The van der Waals surface area contributed by atoms with Crippen LogP contribution in [0.4, 0.5) is 0 Å². The summed E-state index contributed by atoms with van der Waals surface area (Å²) in [5, 5.41) is 0. The summed E-state index contributed by atoms with van der Waals surface area (Å²) >= 11 is 0. The van der Waals surface area contributed by atoms with Crippen molar-refractivity contribution in [1.82, 2.24) is 0 Å². The number of hydrogen-bond donors (Lipinski definition) is 1. The Morgan fingerprint density at radius 2 is 0.951 bits per heavy atom. The second-order valence-electron chi connectivity index (χ2n) is 11.3. The molecule has 0 fully saturated rings. The number of esters is 2. The van der Waals surface area contributed by atoms with Gasteiger partial charge in [-0.15, -0.1) is 0 Å². The van der Waals surface area contributed by atoms with Gasteiger partial charge in [0.1, 0.15) is 6.61 Å². The molecule has 0 saturated carbocycles. The summed E-state index contributed by atoms with van der Waals surface area (Å²) in [5.41, 5.74) is 0. The lowest BCUT2D eigenvalue weighted by molar-refractivity contribution is -0.161. The van der Waals surface area contributed by atoms with Crippen molar-refractivity contribution < 1.29 is 37.6 Å². The standard InChI is InChI=1S/C32H63O8P/c1-4-6-8-10-12-14-15-16-17-19-21-23-25-27-32(34)40-30(29-39-41(35,36)37-3)28-38-31(33)26-24-22-20-18-13-11-9-7-5-2/h30H,4-29H2,1-3H3,(H,35,36). The first-order chi connectivity index (χ1) is 19.8. The minimum Gasteiger partial charge on any atom is -0.462 e. The highest BCUT2D eigenvalue weighted by atomic mass is 31.2. The molecule has 1 N–H and O–H groups in total. The van der Waals surface area contributed by atoms with Gasteiger partial charge in [0.25, 0.3) is 0 Å². The van der Waals surface area contributed by atoms with Gasteiger partial charge in [-0.2, -0.15) is 0 Å². The average Bonchev–Trinajstić information content (AvgIpc) is 2.96. The summed E-state index contributed by atoms with van der Waals surface area (Å²) < 4.78 is 31.7. The molecule has 0 aliphatic rings. The average molecular weight is 607 g/mol. The Labute approximate surface area is 251 Å². The minimum absolute atomic E-state index is 0.218. The molecule has 244 valence electrons. The second-order valence-corrected chi connectivity index (χ2v) is 12.9. The van der Waals surface area contributed by atoms with Crippen molar-refractivity contribution in [2.45, 2.75) is 174 Å². The predicted octanol–water partition coefficient (Wildman–Crippen LogP) is 9.61. The Hall–Kier alpha value is -0.950. The first-order valence-corrected chi connectivity index (χ1v) is 18.2. The van der Waals surface area contributed by atoms with E-state index in [1.807, 2.05) is 0 Å². The van der Waals surface area contributed by atoms with Crippen molar-refractivity contribution in [3.05, 3.63) is 0 Å². The summed E-state index contributed by atoms with van der Waals surface area (Å²) in [7, 11) is -3.18. The molecular weight excluding hydrogens is 543 g/mol. The van der Waals surface area contributed by atoms with Crippen molar-refractivity contribution >= 4 is 19.8 Å². The molecule has 2 unspecified atom stereocenters. The van der Waals surface area contributed by atoms with Gasteiger partial charge in [0.2, 0.25) is 0 Å². The Kier molecular flexibility index (Phi) is 28.5. The van der Waals surface area contributed by atoms with E-state index in [0.717, 1.165) is 45.6 Å². The molecule has 0 rings (SSSR count). The second kappa shape index (κ2) is 29.1. The molecule has 0 aromatic carbocycles. The number of ether oxygens (including phenoxy) is 2. The van der Waals surface area contributed by atoms with E-state index in [4.69, 9.17) is 14.0 Å². The van der Waals surface area contributed by atoms with E-state index in [9.17, 15) is 19.0 Å². The highest BCUT2D eigenvalue weighted by molar-refractivity contribution is 7.47. The lowest BCUT2D eigenvalue weighted by Gasteiger charge is -2.19. The maximum atomic E-state index is 12.4. The third kappa shape index (κ3) is 28.9. The molecule has 0 aliphatic carbocycles. The Bertz CT molecular complexity index is 658. The van der Waals surface area contributed by atoms with Gasteiger partial charge >= 0.3 is 19.8 Å². The normalized spacial score (nSPS) is 13.6. The van der Waals surface area contributed by atoms with Crippen LogP contribution in [-0.2, 0) is 32.7 Å². The quantitative estimate of drug-likeness (QED) is 0.0472. The predicted molar refractivity (Wildman–Crippen MR) is 166 cm³/mol. The van der Waals surface area contributed by atoms with Crippen LogP contribution in [0.3, 0.4) is 0 Å². The highest BCUT2D eigenvalue weighted by Gasteiger charge is 2.24. The molecule has 9 heteroatoms. The van der Waals surface area contributed by atoms with Crippen LogP contribution in [-0.4, -0.2) is 43.3 Å². The molecule has 2 atom stereocenters. The van der Waals surface area contributed by atoms with Crippen LogP contribution in [0.2, 0.25) is 0 Å². The fourth-order valence-electron chi connectivity index (χ4n) is 4.72. The third-order valence-electron chi connectivity index (χ3n) is 7.35. The first-order valence-electron chi connectivity index (χ1n) is 16.7. The van der Waals surface area contributed by atoms with Crippen LogP contribution >= 0.6 is 7.82 Å². The lowest BCUT2D eigenvalue weighted by Crippen LogP contribution is -2.29. The molecule has 0 bridgehead atoms. The Morgan fingerprint density at radius 1 is 0.585 bits per heavy atom. The zero-order chi connectivity index (χ0) is 30.4. The fourth-order valence-corrected chi connectivity index (χ4v) is 5.18. The summed E-state index contributed by atoms with van der Waals surface area (Å²) in [6.45, 7) is 3.85. The number of carbonyl (C=O) groups excluding carboxylic acids is 2. The fraction of sp³-hybridized carbons (Fsp3) is 0.938. The van der Waals surface area contributed by atoms with Crippen molar-refractivity contribution in [1.29, 1.82) is 0 Å². The van der Waals surface area contributed by atoms with Crippen LogP contribution in [0, 0.1) is 0 Å². The number of rotatable bonds is 31. The molecule has 0 saturated heterocycles. The van der Waals surface area contributed by atoms with Crippen LogP contribution < -0.4 is 0 Å². The summed E-state index contributed by atoms with van der Waals surface area (Å²) in [4.78, 5) is 34.1. The van der Waals surface area contributed by atoms with Gasteiger partial charge in [0.05, 0.1) is 6.61 Å². The van der Waals surface area contributed by atoms with E-state index in [2.05, 4.69) is 18.4 Å². The van der Waals surface area contributed by atoms with Gasteiger partial charge in [-0.05, 0) is 12.8 Å². The molecule has 0 heterocycles. The van der Waals surface area contributed by atoms with Crippen LogP contribution in [0.5, 0.6) is 0 Å². The first kappa shape index (κ1) is 40.1. The summed E-state index contributed by atoms with van der Waals surface area (Å²) in [5.74, 6) is -0.800. The van der Waals surface area contributed by atoms with Gasteiger partial charge in [-0.3, -0.25) is 18.6 Å². The lowest BCUT2D eigenvalue weighted by atomic mass is 10.0. The van der Waals surface area contributed by atoms with Crippen molar-refractivity contribution in [3.8, 4) is 0 Å². The van der Waals surface area contributed by atoms with Crippen LogP contribution in [0.15, 0.2) is 0 Å². The van der Waals surface area contributed by atoms with E-state index in [0.29, 0.717) is 6.42 Å². The van der Waals surface area contributed by atoms with E-state index in [1.54, 1.807) is 0 Å². The van der Waals surface area contributed by atoms with Crippen LogP contribution in [0.25, 0.3) is 0 Å². The number of phosphoric ester groups is 1. The number of phosphoric acid groups is 1. The molecule has 8 nitrogen and oxygen atoms in total. The van der Waals surface area contributed by atoms with E-state index < -0.39 is 26.5 Å². The summed E-state index contributed by atoms with van der Waals surface area (Å²) in [6, 6.07) is 0. The molecule has 0 amide bonds. The molecule has 41 heavy (non-hydrogen) atoms. The molecular formula is C32H63O8P. The molecule has 0 aromatic heterocycles. The molecule has 0 aromatic rings. The van der Waals surface area contributed by atoms with E-state index in [-0.39, 0.29) is 19.0 Å². The smallest absolute Gasteiger partial charge is 0.462 e. The number of unbranched alkanes of at least 4 members (excludes halogenated alkanes) is 20. The molecule has 0 spiro atoms. The Morgan fingerprint density at radius 3 is 1.34 bits per heavy atom. The monoisotopic (exact) mass is 606 g/mol. The van der Waals surface area contributed by atoms with Gasteiger partial charge in [-0.1, -0.05) is 142 Å². The topological polar surface area (TPSA) is 108 Å². The van der Waals surface area contributed by atoms with Crippen molar-refractivity contribution in [2.24, 2.45) is 0 Å². The minimum atomic E-state index is -4.24. The van der Waals surface area contributed by atoms with Gasteiger partial charge in [0.15, 0.2) is 6.10 Å². The van der Waals surface area contributed by atoms with Gasteiger partial charge < -0.3 is 14.4 Å². The van der Waals surface area contributed by atoms with Gasteiger partial charge in [0, 0.05) is 20.0 Å². The summed E-state index contributed by atoms with van der Waals surface area (Å²) in [6.07, 6.45) is 25.8. The molecule has 0 aliphatic heterocycles.